The summed E-state index contributed by atoms with van der Waals surface area (Å²) in [6.07, 6.45) is 0.678. The van der Waals surface area contributed by atoms with Crippen LogP contribution in [-0.4, -0.2) is 71.0 Å². The van der Waals surface area contributed by atoms with Crippen LogP contribution in [0, 0.1) is 17.4 Å². The van der Waals surface area contributed by atoms with Crippen LogP contribution in [0.25, 0.3) is 0 Å². The molecule has 4 unspecified atom stereocenters. The number of alkyl halides is 2. The largest absolute Gasteiger partial charge is 0.391 e. The average molecular weight is 546 g/mol. The Morgan fingerprint density at radius 1 is 1.23 bits per heavy atom. The molecular formula is C28H37F2N5O4. The Balaban J connectivity index is 1.72. The van der Waals surface area contributed by atoms with Crippen LogP contribution in [0.2, 0.25) is 0 Å². The molecule has 4 rings (SSSR count). The van der Waals surface area contributed by atoms with Crippen molar-refractivity contribution in [2.24, 2.45) is 5.92 Å². The van der Waals surface area contributed by atoms with Crippen molar-refractivity contribution < 1.29 is 28.3 Å². The van der Waals surface area contributed by atoms with E-state index in [0.717, 1.165) is 5.56 Å². The summed E-state index contributed by atoms with van der Waals surface area (Å²) < 4.78 is 27.5. The number of amides is 3. The SMILES string of the molecule is CC(C)(C)c1ccc(N(C(=O)C2CC(O)CN2C#N)C(C(=O)NC2CCC(F)(F)CC2)C2CNC(=O)C2)cc1. The fraction of sp³-hybridized carbons (Fsp3) is 0.643. The average Bonchev–Trinajstić information content (AvgIpc) is 3.47. The number of halogens is 2. The summed E-state index contributed by atoms with van der Waals surface area (Å²) in [5, 5.41) is 25.5. The first-order valence-corrected chi connectivity index (χ1v) is 13.5. The van der Waals surface area contributed by atoms with Gasteiger partial charge in [0.25, 0.3) is 5.91 Å². The number of benzene rings is 1. The van der Waals surface area contributed by atoms with Crippen molar-refractivity contribution in [1.29, 1.82) is 5.26 Å². The summed E-state index contributed by atoms with van der Waals surface area (Å²) in [5.74, 6) is -4.65. The molecule has 39 heavy (non-hydrogen) atoms. The molecule has 212 valence electrons. The molecule has 1 aromatic rings. The number of hydrogen-bond acceptors (Lipinski definition) is 6. The second-order valence-electron chi connectivity index (χ2n) is 12.0. The van der Waals surface area contributed by atoms with Gasteiger partial charge in [-0.25, -0.2) is 8.78 Å². The highest BCUT2D eigenvalue weighted by Crippen LogP contribution is 2.35. The second kappa shape index (κ2) is 11.1. The van der Waals surface area contributed by atoms with E-state index in [-0.39, 0.29) is 62.9 Å². The molecule has 0 radical (unpaired) electrons. The molecule has 0 spiro atoms. The van der Waals surface area contributed by atoms with Crippen molar-refractivity contribution in [2.45, 2.75) is 94.9 Å². The Labute approximate surface area is 227 Å². The van der Waals surface area contributed by atoms with E-state index in [4.69, 9.17) is 0 Å². The van der Waals surface area contributed by atoms with E-state index >= 15 is 0 Å². The van der Waals surface area contributed by atoms with Crippen LogP contribution >= 0.6 is 0 Å². The number of nitrogens with one attached hydrogen (secondary N) is 2. The fourth-order valence-corrected chi connectivity index (χ4v) is 5.73. The molecule has 3 aliphatic rings. The number of aliphatic hydroxyl groups excluding tert-OH is 1. The maximum absolute atomic E-state index is 14.1. The van der Waals surface area contributed by atoms with Crippen molar-refractivity contribution in [1.82, 2.24) is 15.5 Å². The third-order valence-corrected chi connectivity index (χ3v) is 8.01. The van der Waals surface area contributed by atoms with Crippen LogP contribution < -0.4 is 15.5 Å². The van der Waals surface area contributed by atoms with Gasteiger partial charge in [-0.05, 0) is 36.0 Å². The maximum Gasteiger partial charge on any atom is 0.251 e. The molecule has 1 aliphatic carbocycles. The molecule has 0 aromatic heterocycles. The molecule has 11 heteroatoms. The van der Waals surface area contributed by atoms with Gasteiger partial charge in [-0.1, -0.05) is 32.9 Å². The molecule has 2 saturated heterocycles. The predicted octanol–water partition coefficient (Wildman–Crippen LogP) is 2.43. The highest BCUT2D eigenvalue weighted by atomic mass is 19.3. The number of carbonyl (C=O) groups is 3. The summed E-state index contributed by atoms with van der Waals surface area (Å²) in [6, 6.07) is 4.64. The summed E-state index contributed by atoms with van der Waals surface area (Å²) in [4.78, 5) is 42.8. The molecule has 9 nitrogen and oxygen atoms in total. The van der Waals surface area contributed by atoms with Crippen molar-refractivity contribution in [3.05, 3.63) is 29.8 Å². The zero-order valence-electron chi connectivity index (χ0n) is 22.6. The molecule has 3 fully saturated rings. The number of hydrogen-bond donors (Lipinski definition) is 3. The number of anilines is 1. The van der Waals surface area contributed by atoms with Gasteiger partial charge >= 0.3 is 0 Å². The van der Waals surface area contributed by atoms with Crippen molar-refractivity contribution in [3.63, 3.8) is 0 Å². The molecule has 2 heterocycles. The number of β-amino-alcohol motifs (C(OH)–C–C–N with tert-alkyl or cyclic N) is 1. The number of carbonyl (C=O) groups excluding carboxylic acids is 3. The lowest BCUT2D eigenvalue weighted by Gasteiger charge is -2.38. The first-order valence-electron chi connectivity index (χ1n) is 13.5. The topological polar surface area (TPSA) is 126 Å². The molecule has 3 amide bonds. The molecule has 3 N–H and O–H groups in total. The molecule has 0 bridgehead atoms. The van der Waals surface area contributed by atoms with Gasteiger partial charge < -0.3 is 15.7 Å². The summed E-state index contributed by atoms with van der Waals surface area (Å²) in [5.41, 5.74) is 1.26. The summed E-state index contributed by atoms with van der Waals surface area (Å²) >= 11 is 0. The number of nitriles is 1. The molecule has 2 aliphatic heterocycles. The van der Waals surface area contributed by atoms with Crippen LogP contribution in [-0.2, 0) is 19.8 Å². The summed E-state index contributed by atoms with van der Waals surface area (Å²) in [6.45, 7) is 6.32. The van der Waals surface area contributed by atoms with Crippen LogP contribution in [0.1, 0.15) is 64.9 Å². The monoisotopic (exact) mass is 545 g/mol. The van der Waals surface area contributed by atoms with Crippen LogP contribution in [0.5, 0.6) is 0 Å². The van der Waals surface area contributed by atoms with Crippen LogP contribution in [0.4, 0.5) is 14.5 Å². The van der Waals surface area contributed by atoms with Crippen molar-refractivity contribution in [3.8, 4) is 6.19 Å². The minimum absolute atomic E-state index is 0.000325. The standard InChI is InChI=1S/C28H37F2N5O4/c1-27(2,3)18-4-6-20(7-5-18)35(26(39)22-13-21(36)15-34(22)16-31)24(17-12-23(37)32-14-17)25(38)33-19-8-10-28(29,30)11-9-19/h4-7,17,19,21-22,24,36H,8-15H2,1-3H3,(H,32,37)(H,33,38). The highest BCUT2D eigenvalue weighted by molar-refractivity contribution is 6.04. The normalized spacial score (nSPS) is 26.0. The lowest BCUT2D eigenvalue weighted by atomic mass is 9.86. The Morgan fingerprint density at radius 3 is 2.41 bits per heavy atom. The lowest BCUT2D eigenvalue weighted by molar-refractivity contribution is -0.130. The zero-order chi connectivity index (χ0) is 28.5. The first kappa shape index (κ1) is 28.7. The third kappa shape index (κ3) is 6.49. The number of rotatable bonds is 6. The second-order valence-corrected chi connectivity index (χ2v) is 12.0. The van der Waals surface area contributed by atoms with Crippen LogP contribution in [0.15, 0.2) is 24.3 Å². The summed E-state index contributed by atoms with van der Waals surface area (Å²) in [7, 11) is 0. The number of likely N-dealkylation sites (tertiary alicyclic amines) is 1. The van der Waals surface area contributed by atoms with Crippen molar-refractivity contribution >= 4 is 23.4 Å². The zero-order valence-corrected chi connectivity index (χ0v) is 22.6. The Bertz CT molecular complexity index is 1120. The maximum atomic E-state index is 14.1. The van der Waals surface area contributed by atoms with Gasteiger partial charge in [-0.3, -0.25) is 24.2 Å². The molecule has 4 atom stereocenters. The smallest absolute Gasteiger partial charge is 0.251 e. The number of nitrogens with zero attached hydrogens (tertiary/aromatic N) is 3. The van der Waals surface area contributed by atoms with Gasteiger partial charge in [0.1, 0.15) is 12.1 Å². The van der Waals surface area contributed by atoms with Gasteiger partial charge in [0, 0.05) is 49.9 Å². The Morgan fingerprint density at radius 2 is 1.87 bits per heavy atom. The van der Waals surface area contributed by atoms with Crippen LogP contribution in [0.3, 0.4) is 0 Å². The van der Waals surface area contributed by atoms with E-state index < -0.39 is 47.9 Å². The fourth-order valence-electron chi connectivity index (χ4n) is 5.73. The van der Waals surface area contributed by atoms with Gasteiger partial charge in [0.05, 0.1) is 12.6 Å². The van der Waals surface area contributed by atoms with Crippen molar-refractivity contribution in [2.75, 3.05) is 18.0 Å². The van der Waals surface area contributed by atoms with E-state index in [2.05, 4.69) is 31.4 Å². The van der Waals surface area contributed by atoms with E-state index in [9.17, 15) is 33.5 Å². The van der Waals surface area contributed by atoms with E-state index in [1.807, 2.05) is 18.3 Å². The lowest BCUT2D eigenvalue weighted by Crippen LogP contribution is -2.59. The highest BCUT2D eigenvalue weighted by Gasteiger charge is 2.47. The minimum Gasteiger partial charge on any atom is -0.391 e. The Hall–Kier alpha value is -3.26. The quantitative estimate of drug-likeness (QED) is 0.472. The van der Waals surface area contributed by atoms with E-state index in [1.165, 1.54) is 9.80 Å². The first-order chi connectivity index (χ1) is 18.3. The third-order valence-electron chi connectivity index (χ3n) is 8.01. The van der Waals surface area contributed by atoms with E-state index in [1.54, 1.807) is 12.1 Å². The number of aliphatic hydroxyl groups is 1. The molecule has 1 aromatic carbocycles. The minimum atomic E-state index is -2.76. The van der Waals surface area contributed by atoms with Gasteiger partial charge in [0.2, 0.25) is 17.7 Å². The van der Waals surface area contributed by atoms with Gasteiger partial charge in [0.15, 0.2) is 6.19 Å². The molecular weight excluding hydrogens is 508 g/mol. The predicted molar refractivity (Wildman–Crippen MR) is 140 cm³/mol. The van der Waals surface area contributed by atoms with Gasteiger partial charge in [-0.2, -0.15) is 5.26 Å². The Kier molecular flexibility index (Phi) is 8.17. The van der Waals surface area contributed by atoms with E-state index in [0.29, 0.717) is 5.69 Å². The van der Waals surface area contributed by atoms with Gasteiger partial charge in [-0.15, -0.1) is 0 Å². The molecule has 1 saturated carbocycles.